The van der Waals surface area contributed by atoms with Gasteiger partial charge in [0.15, 0.2) is 0 Å². The van der Waals surface area contributed by atoms with Crippen molar-refractivity contribution >= 4 is 11.8 Å². The maximum Gasteiger partial charge on any atom is 0.0713 e. The van der Waals surface area contributed by atoms with Crippen LogP contribution in [0.25, 0.3) is 0 Å². The van der Waals surface area contributed by atoms with Crippen molar-refractivity contribution in [1.82, 2.24) is 5.32 Å². The highest BCUT2D eigenvalue weighted by Crippen LogP contribution is 2.37. The Morgan fingerprint density at radius 1 is 1.17 bits per heavy atom. The minimum atomic E-state index is 0.206. The average Bonchev–Trinajstić information content (AvgIpc) is 2.91. The van der Waals surface area contributed by atoms with E-state index in [4.69, 9.17) is 9.47 Å². The van der Waals surface area contributed by atoms with Gasteiger partial charge >= 0.3 is 0 Å². The molecule has 1 N–H and O–H groups in total. The lowest BCUT2D eigenvalue weighted by Crippen LogP contribution is -2.50. The van der Waals surface area contributed by atoms with Crippen LogP contribution in [-0.2, 0) is 9.47 Å². The zero-order valence-electron chi connectivity index (χ0n) is 11.2. The van der Waals surface area contributed by atoms with Crippen LogP contribution in [0.2, 0.25) is 0 Å². The van der Waals surface area contributed by atoms with Crippen molar-refractivity contribution in [2.45, 2.75) is 56.3 Å². The molecule has 2 atom stereocenters. The van der Waals surface area contributed by atoms with E-state index < -0.39 is 0 Å². The Morgan fingerprint density at radius 3 is 2.83 bits per heavy atom. The lowest BCUT2D eigenvalue weighted by molar-refractivity contribution is -0.0939. The van der Waals surface area contributed by atoms with Gasteiger partial charge in [-0.1, -0.05) is 0 Å². The van der Waals surface area contributed by atoms with Crippen molar-refractivity contribution in [3.63, 3.8) is 0 Å². The number of rotatable bonds is 3. The van der Waals surface area contributed by atoms with Crippen molar-refractivity contribution < 1.29 is 9.47 Å². The Balaban J connectivity index is 1.47. The molecule has 1 spiro atoms. The summed E-state index contributed by atoms with van der Waals surface area (Å²) in [6.45, 7) is 2.94. The van der Waals surface area contributed by atoms with Gasteiger partial charge in [0, 0.05) is 25.8 Å². The maximum atomic E-state index is 6.12. The molecule has 3 fully saturated rings. The summed E-state index contributed by atoms with van der Waals surface area (Å²) in [6, 6.07) is 0.644. The summed E-state index contributed by atoms with van der Waals surface area (Å²) in [7, 11) is 0. The molecule has 4 heteroatoms. The normalized spacial score (nSPS) is 36.0. The van der Waals surface area contributed by atoms with Crippen LogP contribution in [0.1, 0.15) is 38.5 Å². The largest absolute Gasteiger partial charge is 0.377 e. The number of thioether (sulfide) groups is 1. The van der Waals surface area contributed by atoms with Crippen LogP contribution < -0.4 is 5.32 Å². The Labute approximate surface area is 114 Å². The highest BCUT2D eigenvalue weighted by molar-refractivity contribution is 7.99. The van der Waals surface area contributed by atoms with Gasteiger partial charge in [0.25, 0.3) is 0 Å². The molecule has 0 aromatic heterocycles. The van der Waals surface area contributed by atoms with Gasteiger partial charge in [0.05, 0.1) is 11.7 Å². The molecule has 0 amide bonds. The molecule has 3 aliphatic heterocycles. The fraction of sp³-hybridized carbons (Fsp3) is 1.00. The van der Waals surface area contributed by atoms with Crippen molar-refractivity contribution in [2.75, 3.05) is 31.3 Å². The van der Waals surface area contributed by atoms with E-state index in [1.807, 2.05) is 0 Å². The van der Waals surface area contributed by atoms with E-state index in [9.17, 15) is 0 Å². The predicted octanol–water partition coefficient (Wildman–Crippen LogP) is 2.20. The van der Waals surface area contributed by atoms with Crippen molar-refractivity contribution in [3.05, 3.63) is 0 Å². The van der Waals surface area contributed by atoms with Gasteiger partial charge < -0.3 is 14.8 Å². The summed E-state index contributed by atoms with van der Waals surface area (Å²) in [4.78, 5) is 0. The van der Waals surface area contributed by atoms with Crippen LogP contribution in [0.4, 0.5) is 0 Å². The van der Waals surface area contributed by atoms with Gasteiger partial charge in [0.2, 0.25) is 0 Å². The van der Waals surface area contributed by atoms with E-state index >= 15 is 0 Å². The smallest absolute Gasteiger partial charge is 0.0713 e. The third-order valence-electron chi connectivity index (χ3n) is 4.56. The lowest BCUT2D eigenvalue weighted by atomic mass is 9.85. The van der Waals surface area contributed by atoms with E-state index in [0.717, 1.165) is 19.8 Å². The summed E-state index contributed by atoms with van der Waals surface area (Å²) >= 11 is 2.08. The minimum absolute atomic E-state index is 0.206. The molecule has 0 bridgehead atoms. The summed E-state index contributed by atoms with van der Waals surface area (Å²) in [5.74, 6) is 2.55. The van der Waals surface area contributed by atoms with Gasteiger partial charge in [-0.05, 0) is 50.0 Å². The first-order chi connectivity index (χ1) is 8.86. The predicted molar refractivity (Wildman–Crippen MR) is 75.2 cm³/mol. The maximum absolute atomic E-state index is 6.12. The fourth-order valence-corrected chi connectivity index (χ4v) is 4.63. The lowest BCUT2D eigenvalue weighted by Gasteiger charge is -2.43. The topological polar surface area (TPSA) is 30.5 Å². The SMILES string of the molecule is C1COC(CNC2CCOC3(CCSCC3)C2)C1. The van der Waals surface area contributed by atoms with E-state index in [1.54, 1.807) is 0 Å². The molecule has 18 heavy (non-hydrogen) atoms. The summed E-state index contributed by atoms with van der Waals surface area (Å²) in [5, 5.41) is 3.72. The van der Waals surface area contributed by atoms with Crippen LogP contribution in [0.5, 0.6) is 0 Å². The molecule has 0 saturated carbocycles. The zero-order valence-corrected chi connectivity index (χ0v) is 12.0. The fourth-order valence-electron chi connectivity index (χ4n) is 3.40. The van der Waals surface area contributed by atoms with Crippen LogP contribution >= 0.6 is 11.8 Å². The highest BCUT2D eigenvalue weighted by atomic mass is 32.2. The number of ether oxygens (including phenoxy) is 2. The Morgan fingerprint density at radius 2 is 2.06 bits per heavy atom. The number of hydrogen-bond donors (Lipinski definition) is 1. The molecule has 3 heterocycles. The minimum Gasteiger partial charge on any atom is -0.377 e. The van der Waals surface area contributed by atoms with Crippen LogP contribution in [0.3, 0.4) is 0 Å². The van der Waals surface area contributed by atoms with Gasteiger partial charge in [0.1, 0.15) is 0 Å². The average molecular weight is 271 g/mol. The standard InChI is InChI=1S/C14H25NO2S/c1-2-13(16-6-1)11-15-12-3-7-17-14(10-12)4-8-18-9-5-14/h12-13,15H,1-11H2. The van der Waals surface area contributed by atoms with E-state index in [1.165, 1.54) is 50.0 Å². The van der Waals surface area contributed by atoms with E-state index in [2.05, 4.69) is 17.1 Å². The second-order valence-corrected chi connectivity index (χ2v) is 7.10. The summed E-state index contributed by atoms with van der Waals surface area (Å²) < 4.78 is 11.8. The zero-order chi connectivity index (χ0) is 12.3. The molecule has 3 rings (SSSR count). The molecule has 104 valence electrons. The Kier molecular flexibility index (Phi) is 4.50. The summed E-state index contributed by atoms with van der Waals surface area (Å²) in [6.07, 6.45) is 7.80. The molecular formula is C14H25NO2S. The first kappa shape index (κ1) is 13.2. The summed E-state index contributed by atoms with van der Waals surface area (Å²) in [5.41, 5.74) is 0.206. The van der Waals surface area contributed by atoms with Crippen molar-refractivity contribution in [3.8, 4) is 0 Å². The first-order valence-corrected chi connectivity index (χ1v) is 8.59. The third-order valence-corrected chi connectivity index (χ3v) is 5.54. The first-order valence-electron chi connectivity index (χ1n) is 7.43. The molecular weight excluding hydrogens is 246 g/mol. The van der Waals surface area contributed by atoms with Gasteiger partial charge in [-0.25, -0.2) is 0 Å². The number of hydrogen-bond acceptors (Lipinski definition) is 4. The molecule has 2 unspecified atom stereocenters. The molecule has 0 aromatic rings. The molecule has 0 aromatic carbocycles. The number of nitrogens with one attached hydrogen (secondary N) is 1. The second-order valence-electron chi connectivity index (χ2n) is 5.88. The monoisotopic (exact) mass is 271 g/mol. The van der Waals surface area contributed by atoms with Crippen molar-refractivity contribution in [2.24, 2.45) is 0 Å². The Bertz CT molecular complexity index is 257. The van der Waals surface area contributed by atoms with E-state index in [0.29, 0.717) is 12.1 Å². The molecule has 3 saturated heterocycles. The molecule has 0 aliphatic carbocycles. The molecule has 3 nitrogen and oxygen atoms in total. The highest BCUT2D eigenvalue weighted by Gasteiger charge is 2.38. The second kappa shape index (κ2) is 6.12. The van der Waals surface area contributed by atoms with Crippen LogP contribution in [-0.4, -0.2) is 49.0 Å². The van der Waals surface area contributed by atoms with E-state index in [-0.39, 0.29) is 5.60 Å². The van der Waals surface area contributed by atoms with Crippen LogP contribution in [0, 0.1) is 0 Å². The Hall–Kier alpha value is 0.230. The van der Waals surface area contributed by atoms with Gasteiger partial charge in [-0.15, -0.1) is 0 Å². The van der Waals surface area contributed by atoms with Gasteiger partial charge in [-0.3, -0.25) is 0 Å². The molecule has 0 radical (unpaired) electrons. The van der Waals surface area contributed by atoms with Gasteiger partial charge in [-0.2, -0.15) is 11.8 Å². The van der Waals surface area contributed by atoms with Crippen molar-refractivity contribution in [1.29, 1.82) is 0 Å². The third kappa shape index (κ3) is 3.21. The quantitative estimate of drug-likeness (QED) is 0.852. The van der Waals surface area contributed by atoms with Crippen LogP contribution in [0.15, 0.2) is 0 Å². The molecule has 3 aliphatic rings.